The first-order valence-electron chi connectivity index (χ1n) is 6.55. The van der Waals surface area contributed by atoms with Gasteiger partial charge in [0.15, 0.2) is 17.3 Å². The fourth-order valence-corrected chi connectivity index (χ4v) is 2.44. The van der Waals surface area contributed by atoms with Crippen molar-refractivity contribution in [3.05, 3.63) is 23.8 Å². The van der Waals surface area contributed by atoms with Gasteiger partial charge in [-0.15, -0.1) is 0 Å². The Bertz CT molecular complexity index is 480. The van der Waals surface area contributed by atoms with Crippen molar-refractivity contribution in [3.8, 4) is 11.5 Å². The smallest absolute Gasteiger partial charge is 0.231 e. The lowest BCUT2D eigenvalue weighted by molar-refractivity contribution is 0.0711. The van der Waals surface area contributed by atoms with Crippen LogP contribution in [0.25, 0.3) is 0 Å². The summed E-state index contributed by atoms with van der Waals surface area (Å²) in [5.41, 5.74) is 0.648. The van der Waals surface area contributed by atoms with Crippen molar-refractivity contribution in [1.29, 1.82) is 0 Å². The number of fused-ring (bicyclic) bond motifs is 1. The zero-order valence-electron chi connectivity index (χ0n) is 10.7. The number of nitrogens with zero attached hydrogens (tertiary/aromatic N) is 1. The number of ether oxygens (including phenoxy) is 2. The molecule has 0 amide bonds. The third-order valence-corrected chi connectivity index (χ3v) is 3.62. The van der Waals surface area contributed by atoms with E-state index >= 15 is 0 Å². The number of piperidine rings is 1. The minimum atomic E-state index is -0.211. The van der Waals surface area contributed by atoms with Crippen LogP contribution in [0.4, 0.5) is 0 Å². The maximum Gasteiger partial charge on any atom is 0.231 e. The Kier molecular flexibility index (Phi) is 3.40. The summed E-state index contributed by atoms with van der Waals surface area (Å²) in [5, 5.41) is 9.44. The normalized spacial score (nSPS) is 19.6. The highest BCUT2D eigenvalue weighted by Crippen LogP contribution is 2.32. The molecule has 0 spiro atoms. The van der Waals surface area contributed by atoms with E-state index in [9.17, 15) is 9.90 Å². The molecule has 0 aliphatic carbocycles. The van der Waals surface area contributed by atoms with E-state index in [1.807, 2.05) is 0 Å². The highest BCUT2D eigenvalue weighted by Gasteiger charge is 2.21. The number of Topliss-reactive ketones (excluding diaryl/α,β-unsaturated/α-hetero) is 1. The van der Waals surface area contributed by atoms with Crippen LogP contribution in [0, 0.1) is 0 Å². The molecule has 1 N–H and O–H groups in total. The Morgan fingerprint density at radius 2 is 2.00 bits per heavy atom. The molecule has 0 bridgehead atoms. The van der Waals surface area contributed by atoms with Crippen LogP contribution in [0.5, 0.6) is 11.5 Å². The van der Waals surface area contributed by atoms with Gasteiger partial charge in [-0.1, -0.05) is 0 Å². The molecule has 0 saturated carbocycles. The van der Waals surface area contributed by atoms with E-state index in [1.54, 1.807) is 18.2 Å². The number of rotatable bonds is 3. The first-order chi connectivity index (χ1) is 9.22. The molecule has 19 heavy (non-hydrogen) atoms. The fraction of sp³-hybridized carbons (Fsp3) is 0.500. The summed E-state index contributed by atoms with van der Waals surface area (Å²) >= 11 is 0. The molecule has 0 radical (unpaired) electrons. The van der Waals surface area contributed by atoms with Gasteiger partial charge < -0.3 is 14.6 Å². The standard InChI is InChI=1S/C14H17NO4/c16-11-3-5-15(6-4-11)8-12(17)10-1-2-13-14(7-10)19-9-18-13/h1-2,7,11,16H,3-6,8-9H2. The minimum Gasteiger partial charge on any atom is -0.454 e. The van der Waals surface area contributed by atoms with E-state index in [4.69, 9.17) is 9.47 Å². The van der Waals surface area contributed by atoms with Crippen LogP contribution in [-0.2, 0) is 0 Å². The molecule has 2 aliphatic heterocycles. The molecule has 2 aliphatic rings. The maximum absolute atomic E-state index is 12.2. The molecule has 2 heterocycles. The third-order valence-electron chi connectivity index (χ3n) is 3.62. The summed E-state index contributed by atoms with van der Waals surface area (Å²) in [6.45, 7) is 2.16. The van der Waals surface area contributed by atoms with Gasteiger partial charge in [0.25, 0.3) is 0 Å². The summed E-state index contributed by atoms with van der Waals surface area (Å²) in [4.78, 5) is 14.3. The van der Waals surface area contributed by atoms with Gasteiger partial charge in [-0.2, -0.15) is 0 Å². The largest absolute Gasteiger partial charge is 0.454 e. The van der Waals surface area contributed by atoms with Gasteiger partial charge in [0.2, 0.25) is 6.79 Å². The molecule has 5 nitrogen and oxygen atoms in total. The molecule has 1 saturated heterocycles. The Hall–Kier alpha value is -1.59. The predicted molar refractivity (Wildman–Crippen MR) is 68.6 cm³/mol. The third kappa shape index (κ3) is 2.72. The zero-order valence-corrected chi connectivity index (χ0v) is 10.7. The van der Waals surface area contributed by atoms with Gasteiger partial charge in [0, 0.05) is 18.7 Å². The van der Waals surface area contributed by atoms with Crippen LogP contribution in [-0.4, -0.2) is 48.3 Å². The lowest BCUT2D eigenvalue weighted by Crippen LogP contribution is -2.39. The van der Waals surface area contributed by atoms with Crippen molar-refractivity contribution >= 4 is 5.78 Å². The minimum absolute atomic E-state index is 0.0784. The van der Waals surface area contributed by atoms with Crippen molar-refractivity contribution < 1.29 is 19.4 Å². The molecule has 5 heteroatoms. The fourth-order valence-electron chi connectivity index (χ4n) is 2.44. The van der Waals surface area contributed by atoms with Crippen LogP contribution in [0.15, 0.2) is 18.2 Å². The number of carbonyl (C=O) groups is 1. The van der Waals surface area contributed by atoms with Gasteiger partial charge in [-0.05, 0) is 31.0 Å². The van der Waals surface area contributed by atoms with Gasteiger partial charge >= 0.3 is 0 Å². The summed E-state index contributed by atoms with van der Waals surface area (Å²) in [6, 6.07) is 5.29. The van der Waals surface area contributed by atoms with Gasteiger partial charge in [0.05, 0.1) is 12.6 Å². The first kappa shape index (κ1) is 12.4. The van der Waals surface area contributed by atoms with E-state index in [2.05, 4.69) is 4.90 Å². The first-order valence-corrected chi connectivity index (χ1v) is 6.55. The Labute approximate surface area is 111 Å². The average molecular weight is 263 g/mol. The summed E-state index contributed by atoms with van der Waals surface area (Å²) in [6.07, 6.45) is 1.28. The molecular formula is C14H17NO4. The quantitative estimate of drug-likeness (QED) is 0.826. The lowest BCUT2D eigenvalue weighted by atomic mass is 10.1. The number of ketones is 1. The molecule has 0 unspecified atom stereocenters. The number of likely N-dealkylation sites (tertiary alicyclic amines) is 1. The van der Waals surface area contributed by atoms with Crippen molar-refractivity contribution in [1.82, 2.24) is 4.90 Å². The molecule has 1 aromatic carbocycles. The molecule has 0 atom stereocenters. The molecular weight excluding hydrogens is 246 g/mol. The zero-order chi connectivity index (χ0) is 13.2. The number of aliphatic hydroxyl groups is 1. The number of hydrogen-bond acceptors (Lipinski definition) is 5. The van der Waals surface area contributed by atoms with E-state index in [-0.39, 0.29) is 18.7 Å². The number of benzene rings is 1. The highest BCUT2D eigenvalue weighted by molar-refractivity contribution is 5.98. The lowest BCUT2D eigenvalue weighted by Gasteiger charge is -2.28. The number of carbonyl (C=O) groups excluding carboxylic acids is 1. The van der Waals surface area contributed by atoms with Gasteiger partial charge in [-0.25, -0.2) is 0 Å². The Morgan fingerprint density at radius 3 is 2.79 bits per heavy atom. The van der Waals surface area contributed by atoms with Crippen LogP contribution >= 0.6 is 0 Å². The second-order valence-electron chi connectivity index (χ2n) is 5.00. The highest BCUT2D eigenvalue weighted by atomic mass is 16.7. The van der Waals surface area contributed by atoms with Gasteiger partial charge in [-0.3, -0.25) is 9.69 Å². The molecule has 0 aromatic heterocycles. The van der Waals surface area contributed by atoms with E-state index in [0.29, 0.717) is 23.6 Å². The molecule has 102 valence electrons. The van der Waals surface area contributed by atoms with Crippen LogP contribution in [0.1, 0.15) is 23.2 Å². The average Bonchev–Trinajstić information content (AvgIpc) is 2.88. The van der Waals surface area contributed by atoms with Crippen molar-refractivity contribution in [2.45, 2.75) is 18.9 Å². The predicted octanol–water partition coefficient (Wildman–Crippen LogP) is 1.05. The molecule has 1 aromatic rings. The van der Waals surface area contributed by atoms with Crippen molar-refractivity contribution in [2.75, 3.05) is 26.4 Å². The van der Waals surface area contributed by atoms with Gasteiger partial charge in [0.1, 0.15) is 0 Å². The number of hydrogen-bond donors (Lipinski definition) is 1. The summed E-state index contributed by atoms with van der Waals surface area (Å²) in [5.74, 6) is 1.41. The van der Waals surface area contributed by atoms with Crippen molar-refractivity contribution in [3.63, 3.8) is 0 Å². The van der Waals surface area contributed by atoms with E-state index in [1.165, 1.54) is 0 Å². The Morgan fingerprint density at radius 1 is 1.26 bits per heavy atom. The summed E-state index contributed by atoms with van der Waals surface area (Å²) < 4.78 is 10.5. The van der Waals surface area contributed by atoms with Crippen LogP contribution in [0.3, 0.4) is 0 Å². The molecule has 3 rings (SSSR count). The SMILES string of the molecule is O=C(CN1CCC(O)CC1)c1ccc2c(c1)OCO2. The van der Waals surface area contributed by atoms with Crippen molar-refractivity contribution in [2.24, 2.45) is 0 Å². The number of aliphatic hydroxyl groups excluding tert-OH is 1. The maximum atomic E-state index is 12.2. The van der Waals surface area contributed by atoms with E-state index < -0.39 is 0 Å². The second-order valence-corrected chi connectivity index (χ2v) is 5.00. The van der Waals surface area contributed by atoms with E-state index in [0.717, 1.165) is 25.9 Å². The second kappa shape index (κ2) is 5.19. The monoisotopic (exact) mass is 263 g/mol. The van der Waals surface area contributed by atoms with Crippen LogP contribution in [0.2, 0.25) is 0 Å². The topological polar surface area (TPSA) is 59.0 Å². The Balaban J connectivity index is 1.64. The molecule has 1 fully saturated rings. The van der Waals surface area contributed by atoms with Crippen LogP contribution < -0.4 is 9.47 Å². The summed E-state index contributed by atoms with van der Waals surface area (Å²) in [7, 11) is 0.